The SMILES string of the molecule is CCCCCC1CCC2C(COC3CCC(c4ccc(OCCCC)c(F)c4F)CC3)CCC12. The van der Waals surface area contributed by atoms with Gasteiger partial charge in [-0.1, -0.05) is 52.0 Å². The second kappa shape index (κ2) is 12.7. The predicted molar refractivity (Wildman–Crippen MR) is 134 cm³/mol. The third kappa shape index (κ3) is 6.15. The van der Waals surface area contributed by atoms with Crippen molar-refractivity contribution in [3.8, 4) is 5.75 Å². The minimum atomic E-state index is -0.827. The molecule has 3 aliphatic carbocycles. The van der Waals surface area contributed by atoms with E-state index in [1.807, 2.05) is 6.92 Å². The Morgan fingerprint density at radius 1 is 0.765 bits per heavy atom. The third-order valence-electron chi connectivity index (χ3n) is 9.17. The van der Waals surface area contributed by atoms with Crippen LogP contribution >= 0.6 is 0 Å². The van der Waals surface area contributed by atoms with Gasteiger partial charge in [-0.15, -0.1) is 0 Å². The van der Waals surface area contributed by atoms with Gasteiger partial charge < -0.3 is 9.47 Å². The molecule has 34 heavy (non-hydrogen) atoms. The smallest absolute Gasteiger partial charge is 0.200 e. The third-order valence-corrected chi connectivity index (χ3v) is 9.17. The molecule has 0 bridgehead atoms. The normalized spacial score (nSPS) is 31.1. The fourth-order valence-corrected chi connectivity index (χ4v) is 7.16. The summed E-state index contributed by atoms with van der Waals surface area (Å²) < 4.78 is 41.1. The highest BCUT2D eigenvalue weighted by Crippen LogP contribution is 2.52. The average Bonchev–Trinajstić information content (AvgIpc) is 3.44. The van der Waals surface area contributed by atoms with Gasteiger partial charge in [0, 0.05) is 0 Å². The molecule has 0 aliphatic heterocycles. The van der Waals surface area contributed by atoms with Crippen LogP contribution in [0, 0.1) is 35.3 Å². The van der Waals surface area contributed by atoms with Crippen LogP contribution in [-0.4, -0.2) is 19.3 Å². The lowest BCUT2D eigenvalue weighted by molar-refractivity contribution is -0.00340. The average molecular weight is 477 g/mol. The van der Waals surface area contributed by atoms with Crippen molar-refractivity contribution in [2.45, 2.75) is 116 Å². The van der Waals surface area contributed by atoms with Gasteiger partial charge in [-0.2, -0.15) is 4.39 Å². The first kappa shape index (κ1) is 25.9. The molecular formula is C30H46F2O2. The van der Waals surface area contributed by atoms with Crippen LogP contribution in [0.3, 0.4) is 0 Å². The van der Waals surface area contributed by atoms with Gasteiger partial charge in [0.05, 0.1) is 19.3 Å². The zero-order valence-corrected chi connectivity index (χ0v) is 21.5. The summed E-state index contributed by atoms with van der Waals surface area (Å²) in [7, 11) is 0. The standard InChI is InChI=1S/C30H46F2O2/c1-3-5-7-8-21-11-15-26-23(12-16-25(21)26)20-34-24-13-9-22(10-14-24)27-17-18-28(30(32)29(27)31)33-19-6-4-2/h17-18,21-26H,3-16,19-20H2,1-2H3. The number of ether oxygens (including phenoxy) is 2. The Balaban J connectivity index is 1.21. The van der Waals surface area contributed by atoms with Crippen molar-refractivity contribution in [2.75, 3.05) is 13.2 Å². The molecule has 0 spiro atoms. The minimum absolute atomic E-state index is 0.0427. The topological polar surface area (TPSA) is 18.5 Å². The highest BCUT2D eigenvalue weighted by Gasteiger charge is 2.44. The van der Waals surface area contributed by atoms with E-state index >= 15 is 0 Å². The monoisotopic (exact) mass is 476 g/mol. The van der Waals surface area contributed by atoms with Crippen LogP contribution in [0.25, 0.3) is 0 Å². The van der Waals surface area contributed by atoms with Gasteiger partial charge in [0.2, 0.25) is 5.82 Å². The lowest BCUT2D eigenvalue weighted by Gasteiger charge is -2.30. The molecule has 4 heteroatoms. The molecule has 0 N–H and O–H groups in total. The molecule has 4 rings (SSSR count). The number of hydrogen-bond acceptors (Lipinski definition) is 2. The molecule has 3 saturated carbocycles. The molecule has 3 aliphatic rings. The van der Waals surface area contributed by atoms with Crippen molar-refractivity contribution < 1.29 is 18.3 Å². The summed E-state index contributed by atoms with van der Waals surface area (Å²) in [5, 5.41) is 0. The van der Waals surface area contributed by atoms with Crippen LogP contribution in [0.5, 0.6) is 5.75 Å². The molecule has 3 fully saturated rings. The molecule has 4 unspecified atom stereocenters. The van der Waals surface area contributed by atoms with E-state index in [-0.39, 0.29) is 17.8 Å². The van der Waals surface area contributed by atoms with Crippen molar-refractivity contribution in [1.82, 2.24) is 0 Å². The first-order valence-electron chi connectivity index (χ1n) is 14.3. The van der Waals surface area contributed by atoms with Crippen LogP contribution in [0.2, 0.25) is 0 Å². The summed E-state index contributed by atoms with van der Waals surface area (Å²) in [5.41, 5.74) is 0.512. The van der Waals surface area contributed by atoms with E-state index in [0.717, 1.165) is 68.8 Å². The Morgan fingerprint density at radius 2 is 1.47 bits per heavy atom. The number of rotatable bonds is 12. The fourth-order valence-electron chi connectivity index (χ4n) is 7.16. The lowest BCUT2D eigenvalue weighted by Crippen LogP contribution is -2.25. The second-order valence-corrected chi connectivity index (χ2v) is 11.3. The van der Waals surface area contributed by atoms with E-state index in [2.05, 4.69) is 6.92 Å². The maximum Gasteiger partial charge on any atom is 0.200 e. The number of unbranched alkanes of at least 4 members (excludes halogenated alkanes) is 3. The van der Waals surface area contributed by atoms with E-state index in [0.29, 0.717) is 12.2 Å². The number of hydrogen-bond donors (Lipinski definition) is 0. The van der Waals surface area contributed by atoms with Gasteiger partial charge in [-0.3, -0.25) is 0 Å². The van der Waals surface area contributed by atoms with Gasteiger partial charge >= 0.3 is 0 Å². The van der Waals surface area contributed by atoms with Crippen molar-refractivity contribution in [3.05, 3.63) is 29.3 Å². The zero-order chi connectivity index (χ0) is 23.9. The quantitative estimate of drug-likeness (QED) is 0.281. The molecule has 0 heterocycles. The van der Waals surface area contributed by atoms with Crippen LogP contribution in [-0.2, 0) is 4.74 Å². The van der Waals surface area contributed by atoms with Gasteiger partial charge in [0.1, 0.15) is 0 Å². The van der Waals surface area contributed by atoms with E-state index in [1.54, 1.807) is 12.1 Å². The van der Waals surface area contributed by atoms with Crippen LogP contribution in [0.4, 0.5) is 8.78 Å². The Kier molecular flexibility index (Phi) is 9.68. The van der Waals surface area contributed by atoms with E-state index in [9.17, 15) is 8.78 Å². The van der Waals surface area contributed by atoms with Gasteiger partial charge in [-0.05, 0) is 99.0 Å². The fraction of sp³-hybridized carbons (Fsp3) is 0.800. The maximum atomic E-state index is 14.8. The Morgan fingerprint density at radius 3 is 2.21 bits per heavy atom. The Hall–Kier alpha value is -1.16. The first-order chi connectivity index (χ1) is 16.6. The molecule has 0 amide bonds. The van der Waals surface area contributed by atoms with Crippen molar-refractivity contribution >= 4 is 0 Å². The zero-order valence-electron chi connectivity index (χ0n) is 21.5. The molecule has 2 nitrogen and oxygen atoms in total. The summed E-state index contributed by atoms with van der Waals surface area (Å²) in [4.78, 5) is 0. The highest BCUT2D eigenvalue weighted by atomic mass is 19.2. The van der Waals surface area contributed by atoms with Gasteiger partial charge in [0.25, 0.3) is 0 Å². The number of benzene rings is 1. The molecule has 4 atom stereocenters. The Labute approximate surface area is 206 Å². The Bertz CT molecular complexity index is 758. The highest BCUT2D eigenvalue weighted by molar-refractivity contribution is 5.33. The molecule has 1 aromatic rings. The van der Waals surface area contributed by atoms with E-state index < -0.39 is 11.6 Å². The summed E-state index contributed by atoms with van der Waals surface area (Å²) in [5.74, 6) is 2.12. The molecule has 0 saturated heterocycles. The number of halogens is 2. The summed E-state index contributed by atoms with van der Waals surface area (Å²) in [6.07, 6.45) is 16.9. The summed E-state index contributed by atoms with van der Waals surface area (Å²) >= 11 is 0. The van der Waals surface area contributed by atoms with Crippen molar-refractivity contribution in [3.63, 3.8) is 0 Å². The molecule has 0 radical (unpaired) electrons. The first-order valence-corrected chi connectivity index (χ1v) is 14.3. The summed E-state index contributed by atoms with van der Waals surface area (Å²) in [6.45, 7) is 5.68. The second-order valence-electron chi connectivity index (χ2n) is 11.3. The van der Waals surface area contributed by atoms with Crippen LogP contribution < -0.4 is 4.74 Å². The van der Waals surface area contributed by atoms with E-state index in [1.165, 1.54) is 51.4 Å². The van der Waals surface area contributed by atoms with Gasteiger partial charge in [-0.25, -0.2) is 4.39 Å². The largest absolute Gasteiger partial charge is 0.490 e. The van der Waals surface area contributed by atoms with Crippen molar-refractivity contribution in [2.24, 2.45) is 23.7 Å². The van der Waals surface area contributed by atoms with Crippen LogP contribution in [0.15, 0.2) is 12.1 Å². The summed E-state index contributed by atoms with van der Waals surface area (Å²) in [6, 6.07) is 3.35. The van der Waals surface area contributed by atoms with Gasteiger partial charge in [0.15, 0.2) is 11.6 Å². The van der Waals surface area contributed by atoms with E-state index in [4.69, 9.17) is 9.47 Å². The molecule has 0 aromatic heterocycles. The number of fused-ring (bicyclic) bond motifs is 1. The molecule has 1 aromatic carbocycles. The van der Waals surface area contributed by atoms with Crippen molar-refractivity contribution in [1.29, 1.82) is 0 Å². The minimum Gasteiger partial charge on any atom is -0.490 e. The molecule has 192 valence electrons. The van der Waals surface area contributed by atoms with Crippen LogP contribution in [0.1, 0.15) is 115 Å². The predicted octanol–water partition coefficient (Wildman–Crippen LogP) is 8.82. The molecular weight excluding hydrogens is 430 g/mol. The lowest BCUT2D eigenvalue weighted by atomic mass is 9.82. The maximum absolute atomic E-state index is 14.8.